The average molecular weight is 437 g/mol. The number of nitrogens with zero attached hydrogens (tertiary/aromatic N) is 3. The Morgan fingerprint density at radius 2 is 1.84 bits per heavy atom. The number of likely N-dealkylation sites (tertiary alicyclic amines) is 1. The molecule has 0 N–H and O–H groups in total. The number of aromatic nitrogens is 2. The van der Waals surface area contributed by atoms with Crippen molar-refractivity contribution in [3.8, 4) is 22.9 Å². The van der Waals surface area contributed by atoms with Gasteiger partial charge in [0.1, 0.15) is 24.2 Å². The highest BCUT2D eigenvalue weighted by molar-refractivity contribution is 5.76. The largest absolute Gasteiger partial charge is 0.497 e. The molecule has 1 atom stereocenters. The summed E-state index contributed by atoms with van der Waals surface area (Å²) in [5.41, 5.74) is 1.97. The molecule has 1 aliphatic heterocycles. The summed E-state index contributed by atoms with van der Waals surface area (Å²) in [5, 5.41) is 3.96. The second kappa shape index (κ2) is 10.3. The van der Waals surface area contributed by atoms with Gasteiger partial charge in [0.15, 0.2) is 0 Å². The molecule has 1 unspecified atom stereocenters. The van der Waals surface area contributed by atoms with Crippen LogP contribution in [-0.4, -0.2) is 54.4 Å². The Hall–Kier alpha value is -3.39. The zero-order valence-electron chi connectivity index (χ0n) is 18.3. The Morgan fingerprint density at radius 1 is 1.09 bits per heavy atom. The maximum Gasteiger partial charge on any atom is 0.252 e. The van der Waals surface area contributed by atoms with Crippen molar-refractivity contribution >= 4 is 5.91 Å². The normalized spacial score (nSPS) is 15.7. The van der Waals surface area contributed by atoms with Crippen LogP contribution in [0.5, 0.6) is 11.5 Å². The zero-order valence-corrected chi connectivity index (χ0v) is 18.3. The van der Waals surface area contributed by atoms with Crippen molar-refractivity contribution in [2.24, 2.45) is 0 Å². The highest BCUT2D eigenvalue weighted by atomic mass is 16.5. The first-order valence-electron chi connectivity index (χ1n) is 10.6. The lowest BCUT2D eigenvalue weighted by molar-refractivity contribution is -0.130. The van der Waals surface area contributed by atoms with Gasteiger partial charge in [0, 0.05) is 32.1 Å². The number of benzene rings is 2. The van der Waals surface area contributed by atoms with Gasteiger partial charge in [-0.1, -0.05) is 17.3 Å². The smallest absolute Gasteiger partial charge is 0.252 e. The minimum Gasteiger partial charge on any atom is -0.497 e. The molecular weight excluding hydrogens is 410 g/mol. The van der Waals surface area contributed by atoms with Gasteiger partial charge in [-0.3, -0.25) is 4.79 Å². The van der Waals surface area contributed by atoms with E-state index in [0.29, 0.717) is 31.1 Å². The first kappa shape index (κ1) is 21.8. The van der Waals surface area contributed by atoms with Crippen LogP contribution in [0.3, 0.4) is 0 Å². The fourth-order valence-electron chi connectivity index (χ4n) is 3.68. The lowest BCUT2D eigenvalue weighted by Gasteiger charge is -2.17. The molecule has 2 aromatic carbocycles. The second-order valence-corrected chi connectivity index (χ2v) is 7.69. The van der Waals surface area contributed by atoms with Crippen LogP contribution in [0.15, 0.2) is 53.1 Å². The van der Waals surface area contributed by atoms with E-state index in [0.717, 1.165) is 35.6 Å². The molecule has 1 amide bonds. The van der Waals surface area contributed by atoms with Crippen LogP contribution < -0.4 is 9.47 Å². The highest BCUT2D eigenvalue weighted by Gasteiger charge is 2.27. The molecule has 0 radical (unpaired) electrons. The summed E-state index contributed by atoms with van der Waals surface area (Å²) in [4.78, 5) is 18.8. The van der Waals surface area contributed by atoms with Gasteiger partial charge in [0.2, 0.25) is 11.7 Å². The Balaban J connectivity index is 1.25. The molecule has 0 spiro atoms. The number of hydrogen-bond acceptors (Lipinski definition) is 7. The molecule has 32 heavy (non-hydrogen) atoms. The first-order valence-corrected chi connectivity index (χ1v) is 10.6. The van der Waals surface area contributed by atoms with Crippen LogP contribution >= 0.6 is 0 Å². The molecule has 1 aliphatic rings. The van der Waals surface area contributed by atoms with Crippen LogP contribution in [0.1, 0.15) is 24.3 Å². The minimum absolute atomic E-state index is 0.00994. The monoisotopic (exact) mass is 437 g/mol. The fraction of sp³-hybridized carbons (Fsp3) is 0.375. The van der Waals surface area contributed by atoms with Crippen molar-refractivity contribution in [3.63, 3.8) is 0 Å². The predicted octanol–water partition coefficient (Wildman–Crippen LogP) is 3.50. The molecule has 1 fully saturated rings. The van der Waals surface area contributed by atoms with Crippen LogP contribution in [0, 0.1) is 0 Å². The molecule has 1 aromatic heterocycles. The Labute approximate surface area is 187 Å². The summed E-state index contributed by atoms with van der Waals surface area (Å²) < 4.78 is 21.4. The van der Waals surface area contributed by atoms with Crippen molar-refractivity contribution in [2.75, 3.05) is 27.3 Å². The number of rotatable bonds is 9. The van der Waals surface area contributed by atoms with Crippen LogP contribution in [-0.2, 0) is 22.6 Å². The van der Waals surface area contributed by atoms with Gasteiger partial charge in [-0.25, -0.2) is 0 Å². The van der Waals surface area contributed by atoms with Gasteiger partial charge < -0.3 is 23.6 Å². The third-order valence-electron chi connectivity index (χ3n) is 5.44. The van der Waals surface area contributed by atoms with Crippen LogP contribution in [0.4, 0.5) is 0 Å². The SMILES string of the molecule is COCc1nc(-c2ccc(OC3CCN(C(=O)CCc4ccc(OC)cc4)C3)cc2)no1. The maximum atomic E-state index is 12.6. The number of aryl methyl sites for hydroxylation is 1. The summed E-state index contributed by atoms with van der Waals surface area (Å²) in [6.45, 7) is 1.61. The molecule has 0 aliphatic carbocycles. The number of amides is 1. The zero-order chi connectivity index (χ0) is 22.3. The fourth-order valence-corrected chi connectivity index (χ4v) is 3.68. The van der Waals surface area contributed by atoms with E-state index in [4.69, 9.17) is 18.7 Å². The minimum atomic E-state index is -0.00994. The highest BCUT2D eigenvalue weighted by Crippen LogP contribution is 2.23. The predicted molar refractivity (Wildman–Crippen MR) is 117 cm³/mol. The van der Waals surface area contributed by atoms with E-state index in [9.17, 15) is 4.79 Å². The van der Waals surface area contributed by atoms with E-state index >= 15 is 0 Å². The van der Waals surface area contributed by atoms with E-state index in [1.807, 2.05) is 53.4 Å². The molecule has 0 saturated carbocycles. The standard InChI is InChI=1S/C24H27N3O5/c1-29-16-22-25-24(26-32-22)18-6-10-20(11-7-18)31-21-13-14-27(15-21)23(28)12-5-17-3-8-19(30-2)9-4-17/h3-4,6-11,21H,5,12-16H2,1-2H3. The lowest BCUT2D eigenvalue weighted by Crippen LogP contribution is -2.31. The van der Waals surface area contributed by atoms with E-state index in [2.05, 4.69) is 10.1 Å². The maximum absolute atomic E-state index is 12.6. The van der Waals surface area contributed by atoms with Crippen molar-refractivity contribution in [1.29, 1.82) is 0 Å². The first-order chi connectivity index (χ1) is 15.6. The molecule has 2 heterocycles. The molecule has 1 saturated heterocycles. The van der Waals surface area contributed by atoms with E-state index in [1.165, 1.54) is 0 Å². The van der Waals surface area contributed by atoms with E-state index in [1.54, 1.807) is 14.2 Å². The van der Waals surface area contributed by atoms with Gasteiger partial charge in [0.05, 0.1) is 13.7 Å². The molecule has 168 valence electrons. The molecule has 3 aromatic rings. The van der Waals surface area contributed by atoms with Crippen molar-refractivity contribution in [3.05, 3.63) is 60.0 Å². The molecule has 0 bridgehead atoms. The van der Waals surface area contributed by atoms with Crippen molar-refractivity contribution in [1.82, 2.24) is 15.0 Å². The third-order valence-corrected chi connectivity index (χ3v) is 5.44. The van der Waals surface area contributed by atoms with E-state index < -0.39 is 0 Å². The summed E-state index contributed by atoms with van der Waals surface area (Å²) in [5.74, 6) is 2.68. The number of carbonyl (C=O) groups excluding carboxylic acids is 1. The summed E-state index contributed by atoms with van der Waals surface area (Å²) >= 11 is 0. The third kappa shape index (κ3) is 5.45. The quantitative estimate of drug-likeness (QED) is 0.506. The average Bonchev–Trinajstić information content (AvgIpc) is 3.49. The van der Waals surface area contributed by atoms with Gasteiger partial charge in [-0.05, 0) is 48.4 Å². The van der Waals surface area contributed by atoms with Gasteiger partial charge in [0.25, 0.3) is 5.89 Å². The molecule has 8 heteroatoms. The molecule has 8 nitrogen and oxygen atoms in total. The lowest BCUT2D eigenvalue weighted by atomic mass is 10.1. The van der Waals surface area contributed by atoms with Crippen molar-refractivity contribution in [2.45, 2.75) is 32.0 Å². The van der Waals surface area contributed by atoms with Crippen LogP contribution in [0.25, 0.3) is 11.4 Å². The van der Waals surface area contributed by atoms with Crippen LogP contribution in [0.2, 0.25) is 0 Å². The van der Waals surface area contributed by atoms with E-state index in [-0.39, 0.29) is 18.6 Å². The Kier molecular flexibility index (Phi) is 7.01. The molecular formula is C24H27N3O5. The topological polar surface area (TPSA) is 86.9 Å². The summed E-state index contributed by atoms with van der Waals surface area (Å²) in [6.07, 6.45) is 2.02. The number of methoxy groups -OCH3 is 2. The Bertz CT molecular complexity index is 1020. The van der Waals surface area contributed by atoms with Crippen molar-refractivity contribution < 1.29 is 23.5 Å². The van der Waals surface area contributed by atoms with Gasteiger partial charge in [-0.15, -0.1) is 0 Å². The number of carbonyl (C=O) groups is 1. The summed E-state index contributed by atoms with van der Waals surface area (Å²) in [7, 11) is 3.22. The number of hydrogen-bond donors (Lipinski definition) is 0. The number of ether oxygens (including phenoxy) is 3. The second-order valence-electron chi connectivity index (χ2n) is 7.69. The molecule has 4 rings (SSSR count). The summed E-state index contributed by atoms with van der Waals surface area (Å²) in [6, 6.07) is 15.4. The van der Waals surface area contributed by atoms with Gasteiger partial charge >= 0.3 is 0 Å². The Morgan fingerprint density at radius 3 is 2.56 bits per heavy atom. The van der Waals surface area contributed by atoms with Gasteiger partial charge in [-0.2, -0.15) is 4.98 Å².